The fraction of sp³-hybridized carbons (Fsp3) is 0.208. The lowest BCUT2D eigenvalue weighted by molar-refractivity contribution is 0.337. The quantitative estimate of drug-likeness (QED) is 0.592. The van der Waals surface area contributed by atoms with Gasteiger partial charge in [-0.05, 0) is 28.7 Å². The molecule has 3 aromatic carbocycles. The Hall–Kier alpha value is -3.07. The second-order valence-electron chi connectivity index (χ2n) is 7.76. The Bertz CT molecular complexity index is 971. The van der Waals surface area contributed by atoms with Gasteiger partial charge in [0.25, 0.3) is 0 Å². The number of hydrogen-bond acceptors (Lipinski definition) is 3. The summed E-state index contributed by atoms with van der Waals surface area (Å²) in [5.41, 5.74) is 5.69. The molecule has 4 rings (SSSR count). The predicted molar refractivity (Wildman–Crippen MR) is 112 cm³/mol. The highest BCUT2D eigenvalue weighted by Crippen LogP contribution is 2.33. The zero-order valence-electron chi connectivity index (χ0n) is 16.0. The van der Waals surface area contributed by atoms with Crippen molar-refractivity contribution in [3.8, 4) is 11.1 Å². The molecule has 0 fully saturated rings. The molecule has 3 nitrogen and oxygen atoms in total. The molecule has 0 amide bonds. The fourth-order valence-electron chi connectivity index (χ4n) is 3.43. The van der Waals surface area contributed by atoms with Gasteiger partial charge in [0.15, 0.2) is 6.73 Å². The van der Waals surface area contributed by atoms with Crippen LogP contribution in [0.5, 0.6) is 0 Å². The number of hydrazone groups is 1. The van der Waals surface area contributed by atoms with Gasteiger partial charge in [0.05, 0.1) is 5.69 Å². The molecule has 0 unspecified atom stereocenters. The highest BCUT2D eigenvalue weighted by molar-refractivity contribution is 5.98. The van der Waals surface area contributed by atoms with Crippen molar-refractivity contribution in [3.05, 3.63) is 90.0 Å². The van der Waals surface area contributed by atoms with E-state index >= 15 is 0 Å². The van der Waals surface area contributed by atoms with Gasteiger partial charge in [-0.3, -0.25) is 0 Å². The van der Waals surface area contributed by atoms with Crippen LogP contribution in [0.4, 0.5) is 5.69 Å². The third kappa shape index (κ3) is 3.45. The van der Waals surface area contributed by atoms with Crippen molar-refractivity contribution in [3.63, 3.8) is 0 Å². The topological polar surface area (TPSA) is 24.8 Å². The van der Waals surface area contributed by atoms with E-state index in [1.54, 1.807) is 0 Å². The first-order valence-corrected chi connectivity index (χ1v) is 9.27. The van der Waals surface area contributed by atoms with Crippen LogP contribution in [0, 0.1) is 0 Å². The normalized spacial score (nSPS) is 14.0. The van der Waals surface area contributed by atoms with E-state index in [0.29, 0.717) is 12.6 Å². The van der Waals surface area contributed by atoms with Gasteiger partial charge in [0, 0.05) is 11.1 Å². The van der Waals surface area contributed by atoms with Crippen molar-refractivity contribution in [2.75, 3.05) is 11.7 Å². The van der Waals surface area contributed by atoms with Crippen LogP contribution in [-0.4, -0.2) is 12.6 Å². The van der Waals surface area contributed by atoms with Crippen LogP contribution in [0.15, 0.2) is 84.0 Å². The molecular weight excluding hydrogens is 332 g/mol. The summed E-state index contributed by atoms with van der Waals surface area (Å²) < 4.78 is 6.01. The fourth-order valence-corrected chi connectivity index (χ4v) is 3.43. The van der Waals surface area contributed by atoms with Crippen LogP contribution in [-0.2, 0) is 10.2 Å². The van der Waals surface area contributed by atoms with Crippen LogP contribution in [0.1, 0.15) is 31.9 Å². The number of benzene rings is 3. The average Bonchev–Trinajstić information content (AvgIpc) is 3.18. The van der Waals surface area contributed by atoms with Gasteiger partial charge in [-0.25, -0.2) is 5.01 Å². The number of anilines is 1. The molecule has 3 aromatic rings. The summed E-state index contributed by atoms with van der Waals surface area (Å²) in [7, 11) is 0. The van der Waals surface area contributed by atoms with Crippen LogP contribution in [0.3, 0.4) is 0 Å². The SMILES string of the molecule is CC(C)(C)c1ccccc1C1=NN(c2ccccc2-c2ccccc2)CO1. The molecule has 0 spiro atoms. The molecule has 1 aliphatic rings. The molecule has 27 heavy (non-hydrogen) atoms. The third-order valence-electron chi connectivity index (χ3n) is 4.77. The van der Waals surface area contributed by atoms with E-state index in [0.717, 1.165) is 16.8 Å². The van der Waals surface area contributed by atoms with E-state index in [1.807, 2.05) is 23.2 Å². The first kappa shape index (κ1) is 17.3. The number of ether oxygens (including phenoxy) is 1. The Kier molecular flexibility index (Phi) is 4.44. The van der Waals surface area contributed by atoms with Crippen LogP contribution < -0.4 is 5.01 Å². The van der Waals surface area contributed by atoms with Gasteiger partial charge in [0.1, 0.15) is 0 Å². The van der Waals surface area contributed by atoms with E-state index in [4.69, 9.17) is 9.84 Å². The molecule has 0 aromatic heterocycles. The van der Waals surface area contributed by atoms with E-state index in [9.17, 15) is 0 Å². The highest BCUT2D eigenvalue weighted by atomic mass is 16.5. The molecule has 1 heterocycles. The summed E-state index contributed by atoms with van der Waals surface area (Å²) in [6.45, 7) is 7.05. The number of hydrogen-bond donors (Lipinski definition) is 0. The summed E-state index contributed by atoms with van der Waals surface area (Å²) in [6.07, 6.45) is 0. The van der Waals surface area contributed by atoms with Crippen LogP contribution in [0.2, 0.25) is 0 Å². The van der Waals surface area contributed by atoms with Gasteiger partial charge in [-0.15, -0.1) is 5.10 Å². The van der Waals surface area contributed by atoms with E-state index < -0.39 is 0 Å². The maximum atomic E-state index is 6.01. The molecule has 1 aliphatic heterocycles. The Balaban J connectivity index is 1.73. The monoisotopic (exact) mass is 356 g/mol. The summed E-state index contributed by atoms with van der Waals surface area (Å²) in [6, 6.07) is 27.1. The second-order valence-corrected chi connectivity index (χ2v) is 7.76. The molecule has 0 bridgehead atoms. The molecule has 3 heteroatoms. The molecule has 0 aliphatic carbocycles. The Morgan fingerprint density at radius 2 is 1.41 bits per heavy atom. The van der Waals surface area contributed by atoms with E-state index in [2.05, 4.69) is 81.4 Å². The first-order valence-electron chi connectivity index (χ1n) is 9.27. The Morgan fingerprint density at radius 1 is 0.778 bits per heavy atom. The average molecular weight is 356 g/mol. The molecule has 0 saturated heterocycles. The van der Waals surface area contributed by atoms with Gasteiger partial charge < -0.3 is 4.74 Å². The van der Waals surface area contributed by atoms with Gasteiger partial charge in [-0.1, -0.05) is 87.5 Å². The minimum absolute atomic E-state index is 0.0256. The maximum absolute atomic E-state index is 6.01. The highest BCUT2D eigenvalue weighted by Gasteiger charge is 2.26. The maximum Gasteiger partial charge on any atom is 0.240 e. The van der Waals surface area contributed by atoms with Crippen molar-refractivity contribution in [2.45, 2.75) is 26.2 Å². The minimum atomic E-state index is 0.0256. The number of nitrogens with zero attached hydrogens (tertiary/aromatic N) is 2. The number of para-hydroxylation sites is 1. The summed E-state index contributed by atoms with van der Waals surface area (Å²) in [5.74, 6) is 0.684. The van der Waals surface area contributed by atoms with Gasteiger partial charge >= 0.3 is 0 Å². The Labute approximate surface area is 160 Å². The van der Waals surface area contributed by atoms with Crippen molar-refractivity contribution in [1.82, 2.24) is 0 Å². The van der Waals surface area contributed by atoms with Crippen LogP contribution >= 0.6 is 0 Å². The smallest absolute Gasteiger partial charge is 0.240 e. The van der Waals surface area contributed by atoms with Gasteiger partial charge in [0.2, 0.25) is 5.90 Å². The molecule has 0 atom stereocenters. The molecule has 136 valence electrons. The van der Waals surface area contributed by atoms with Crippen molar-refractivity contribution in [1.29, 1.82) is 0 Å². The first-order chi connectivity index (χ1) is 13.0. The van der Waals surface area contributed by atoms with Gasteiger partial charge in [-0.2, -0.15) is 0 Å². The molecule has 0 N–H and O–H groups in total. The standard InChI is InChI=1S/C24H24N2O/c1-24(2,3)21-15-9-7-14-20(21)23-25-26(17-27-23)22-16-10-8-13-19(22)18-11-5-4-6-12-18/h4-16H,17H2,1-3H3. The van der Waals surface area contributed by atoms with Crippen molar-refractivity contribution < 1.29 is 4.74 Å². The zero-order chi connectivity index (χ0) is 18.9. The lowest BCUT2D eigenvalue weighted by atomic mass is 9.84. The zero-order valence-corrected chi connectivity index (χ0v) is 16.0. The third-order valence-corrected chi connectivity index (χ3v) is 4.77. The number of rotatable bonds is 3. The van der Waals surface area contributed by atoms with Crippen molar-refractivity contribution in [2.24, 2.45) is 5.10 Å². The summed E-state index contributed by atoms with van der Waals surface area (Å²) in [5, 5.41) is 6.76. The minimum Gasteiger partial charge on any atom is -0.453 e. The van der Waals surface area contributed by atoms with Crippen LogP contribution in [0.25, 0.3) is 11.1 Å². The second kappa shape index (κ2) is 6.92. The molecular formula is C24H24N2O. The molecule has 0 saturated carbocycles. The van der Waals surface area contributed by atoms with Crippen molar-refractivity contribution >= 4 is 11.6 Å². The van der Waals surface area contributed by atoms with E-state index in [1.165, 1.54) is 11.1 Å². The summed E-state index contributed by atoms with van der Waals surface area (Å²) >= 11 is 0. The Morgan fingerprint density at radius 3 is 2.15 bits per heavy atom. The van der Waals surface area contributed by atoms with E-state index in [-0.39, 0.29) is 5.41 Å². The lowest BCUT2D eigenvalue weighted by Crippen LogP contribution is -2.17. The molecule has 0 radical (unpaired) electrons. The summed E-state index contributed by atoms with van der Waals surface area (Å²) in [4.78, 5) is 0. The largest absolute Gasteiger partial charge is 0.453 e. The predicted octanol–water partition coefficient (Wildman–Crippen LogP) is 5.81. The lowest BCUT2D eigenvalue weighted by Gasteiger charge is -2.22.